The summed E-state index contributed by atoms with van der Waals surface area (Å²) in [5, 5.41) is 17.0. The third-order valence-corrected chi connectivity index (χ3v) is 7.04. The first-order valence-electron chi connectivity index (χ1n) is 12.1. The van der Waals surface area contributed by atoms with Crippen molar-refractivity contribution in [3.05, 3.63) is 65.2 Å². The van der Waals surface area contributed by atoms with Crippen LogP contribution >= 0.6 is 11.8 Å². The summed E-state index contributed by atoms with van der Waals surface area (Å²) in [5.74, 6) is -0.522. The topological polar surface area (TPSA) is 125 Å². The molecule has 0 radical (unpaired) electrons. The van der Waals surface area contributed by atoms with Gasteiger partial charge in [-0.15, -0.1) is 11.8 Å². The van der Waals surface area contributed by atoms with Crippen LogP contribution in [0.3, 0.4) is 0 Å². The Morgan fingerprint density at radius 2 is 1.83 bits per heavy atom. The van der Waals surface area contributed by atoms with Crippen molar-refractivity contribution < 1.29 is 19.5 Å². The van der Waals surface area contributed by atoms with Gasteiger partial charge in [0.25, 0.3) is 11.8 Å². The molecule has 0 aromatic heterocycles. The molecule has 2 aromatic rings. The zero-order valence-electron chi connectivity index (χ0n) is 21.3. The van der Waals surface area contributed by atoms with Crippen LogP contribution in [0.2, 0.25) is 0 Å². The maximum absolute atomic E-state index is 13.5. The average molecular weight is 513 g/mol. The van der Waals surface area contributed by atoms with Crippen molar-refractivity contribution in [2.45, 2.75) is 64.3 Å². The van der Waals surface area contributed by atoms with Crippen LogP contribution in [0, 0.1) is 0 Å². The minimum atomic E-state index is -1.54. The molecule has 1 saturated heterocycles. The van der Waals surface area contributed by atoms with Gasteiger partial charge in [-0.25, -0.2) is 0 Å². The molecule has 0 aliphatic carbocycles. The molecule has 1 aliphatic rings. The number of nitrogen functional groups attached to an aromatic ring is 1. The summed E-state index contributed by atoms with van der Waals surface area (Å²) in [6.07, 6.45) is -0.734. The Morgan fingerprint density at radius 1 is 1.14 bits per heavy atom. The highest BCUT2D eigenvalue weighted by Gasteiger charge is 2.40. The van der Waals surface area contributed by atoms with Crippen molar-refractivity contribution >= 4 is 35.2 Å². The SMILES string of the molecule is CCc1c(N)cccc1C(=O)N[C@@H](Cc1ccccc1)[C@H](O)C(=O)N1CSC[C@H]1C(=O)NC(C)(C)C. The second kappa shape index (κ2) is 11.8. The minimum Gasteiger partial charge on any atom is -0.398 e. The number of hydrogen-bond acceptors (Lipinski definition) is 6. The molecule has 5 N–H and O–H groups in total. The van der Waals surface area contributed by atoms with Gasteiger partial charge in [0.1, 0.15) is 6.04 Å². The van der Waals surface area contributed by atoms with E-state index in [0.29, 0.717) is 34.9 Å². The van der Waals surface area contributed by atoms with E-state index in [1.165, 1.54) is 16.7 Å². The number of nitrogens with one attached hydrogen (secondary N) is 2. The number of aliphatic hydroxyl groups excluding tert-OH is 1. The highest BCUT2D eigenvalue weighted by molar-refractivity contribution is 7.99. The van der Waals surface area contributed by atoms with Crippen molar-refractivity contribution in [2.24, 2.45) is 0 Å². The summed E-state index contributed by atoms with van der Waals surface area (Å²) >= 11 is 1.46. The molecule has 0 unspecified atom stereocenters. The van der Waals surface area contributed by atoms with E-state index in [-0.39, 0.29) is 12.3 Å². The molecule has 3 amide bonds. The fourth-order valence-electron chi connectivity index (χ4n) is 4.24. The molecule has 36 heavy (non-hydrogen) atoms. The number of nitrogens with two attached hydrogens (primary N) is 1. The van der Waals surface area contributed by atoms with Crippen LogP contribution < -0.4 is 16.4 Å². The lowest BCUT2D eigenvalue weighted by Crippen LogP contribution is -2.57. The predicted molar refractivity (Wildman–Crippen MR) is 143 cm³/mol. The molecule has 1 aliphatic heterocycles. The van der Waals surface area contributed by atoms with Gasteiger partial charge in [0, 0.05) is 22.5 Å². The number of carbonyl (C=O) groups excluding carboxylic acids is 3. The lowest BCUT2D eigenvalue weighted by Gasteiger charge is -2.31. The van der Waals surface area contributed by atoms with Gasteiger partial charge in [0.15, 0.2) is 6.10 Å². The minimum absolute atomic E-state index is 0.239. The molecule has 2 aromatic carbocycles. The standard InChI is InChI=1S/C27H36N4O4S/c1-5-18-19(12-9-13-20(18)28)24(33)29-21(14-17-10-7-6-8-11-17)23(32)26(35)31-16-36-15-22(31)25(34)30-27(2,3)4/h6-13,21-23,32H,5,14-16,28H2,1-4H3,(H,29,33)(H,30,34)/t21-,22-,23-/m0/s1. The van der Waals surface area contributed by atoms with Crippen molar-refractivity contribution in [1.29, 1.82) is 0 Å². The molecule has 194 valence electrons. The Kier molecular flexibility index (Phi) is 9.03. The van der Waals surface area contributed by atoms with Gasteiger partial charge in [-0.05, 0) is 56.9 Å². The smallest absolute Gasteiger partial charge is 0.254 e. The third kappa shape index (κ3) is 6.79. The molecule has 8 nitrogen and oxygen atoms in total. The molecular formula is C27H36N4O4S. The van der Waals surface area contributed by atoms with E-state index in [1.807, 2.05) is 58.0 Å². The van der Waals surface area contributed by atoms with E-state index in [0.717, 1.165) is 5.56 Å². The molecule has 1 fully saturated rings. The second-order valence-corrected chi connectivity index (χ2v) is 11.0. The summed E-state index contributed by atoms with van der Waals surface area (Å²) in [4.78, 5) is 41.0. The van der Waals surface area contributed by atoms with Gasteiger partial charge < -0.3 is 26.4 Å². The van der Waals surface area contributed by atoms with Gasteiger partial charge in [0.2, 0.25) is 5.91 Å². The quantitative estimate of drug-likeness (QED) is 0.403. The van der Waals surface area contributed by atoms with Gasteiger partial charge in [-0.2, -0.15) is 0 Å². The van der Waals surface area contributed by atoms with Gasteiger partial charge in [-0.1, -0.05) is 43.3 Å². The van der Waals surface area contributed by atoms with Crippen LogP contribution in [0.1, 0.15) is 49.2 Å². The first kappa shape index (κ1) is 27.5. The number of aliphatic hydroxyl groups is 1. The van der Waals surface area contributed by atoms with E-state index in [2.05, 4.69) is 10.6 Å². The first-order valence-corrected chi connectivity index (χ1v) is 13.3. The number of benzene rings is 2. The van der Waals surface area contributed by atoms with Crippen molar-refractivity contribution in [3.8, 4) is 0 Å². The summed E-state index contributed by atoms with van der Waals surface area (Å²) in [7, 11) is 0. The molecule has 3 atom stereocenters. The molecule has 0 saturated carbocycles. The van der Waals surface area contributed by atoms with Crippen molar-refractivity contribution in [3.63, 3.8) is 0 Å². The van der Waals surface area contributed by atoms with Crippen LogP contribution in [-0.2, 0) is 22.4 Å². The number of thioether (sulfide) groups is 1. The summed E-state index contributed by atoms with van der Waals surface area (Å²) in [6.45, 7) is 7.54. The van der Waals surface area contributed by atoms with Crippen LogP contribution in [-0.4, -0.2) is 63.1 Å². The largest absolute Gasteiger partial charge is 0.398 e. The predicted octanol–water partition coefficient (Wildman–Crippen LogP) is 2.35. The van der Waals surface area contributed by atoms with Crippen LogP contribution in [0.5, 0.6) is 0 Å². The summed E-state index contributed by atoms with van der Waals surface area (Å²) in [5.41, 5.74) is 8.12. The molecular weight excluding hydrogens is 476 g/mol. The Labute approximate surface area is 217 Å². The third-order valence-electron chi connectivity index (χ3n) is 6.03. The number of carbonyl (C=O) groups is 3. The fourth-order valence-corrected chi connectivity index (χ4v) is 5.40. The highest BCUT2D eigenvalue weighted by atomic mass is 32.2. The lowest BCUT2D eigenvalue weighted by molar-refractivity contribution is -0.146. The highest BCUT2D eigenvalue weighted by Crippen LogP contribution is 2.24. The van der Waals surface area contributed by atoms with Crippen molar-refractivity contribution in [1.82, 2.24) is 15.5 Å². The number of amides is 3. The Morgan fingerprint density at radius 3 is 2.47 bits per heavy atom. The fraction of sp³-hybridized carbons (Fsp3) is 0.444. The zero-order chi connectivity index (χ0) is 26.5. The summed E-state index contributed by atoms with van der Waals surface area (Å²) in [6, 6.07) is 12.9. The Bertz CT molecular complexity index is 1090. The Balaban J connectivity index is 1.85. The van der Waals surface area contributed by atoms with E-state index in [9.17, 15) is 19.5 Å². The molecule has 9 heteroatoms. The lowest BCUT2D eigenvalue weighted by atomic mass is 9.98. The van der Waals surface area contributed by atoms with E-state index < -0.39 is 35.5 Å². The normalized spacial score (nSPS) is 17.4. The second-order valence-electron chi connectivity index (χ2n) is 10.0. The van der Waals surface area contributed by atoms with Crippen LogP contribution in [0.4, 0.5) is 5.69 Å². The van der Waals surface area contributed by atoms with E-state index in [4.69, 9.17) is 5.73 Å². The number of rotatable bonds is 8. The monoisotopic (exact) mass is 512 g/mol. The van der Waals surface area contributed by atoms with E-state index >= 15 is 0 Å². The number of nitrogens with zero attached hydrogens (tertiary/aromatic N) is 1. The van der Waals surface area contributed by atoms with Crippen LogP contribution in [0.25, 0.3) is 0 Å². The molecule has 0 spiro atoms. The van der Waals surface area contributed by atoms with Crippen LogP contribution in [0.15, 0.2) is 48.5 Å². The van der Waals surface area contributed by atoms with Crippen molar-refractivity contribution in [2.75, 3.05) is 17.4 Å². The van der Waals surface area contributed by atoms with Gasteiger partial charge in [-0.3, -0.25) is 14.4 Å². The number of anilines is 1. The maximum atomic E-state index is 13.5. The van der Waals surface area contributed by atoms with Gasteiger partial charge >= 0.3 is 0 Å². The average Bonchev–Trinajstić information content (AvgIpc) is 3.32. The molecule has 0 bridgehead atoms. The summed E-state index contributed by atoms with van der Waals surface area (Å²) < 4.78 is 0. The van der Waals surface area contributed by atoms with Gasteiger partial charge in [0.05, 0.1) is 11.9 Å². The first-order chi connectivity index (χ1) is 17.0. The van der Waals surface area contributed by atoms with E-state index in [1.54, 1.807) is 18.2 Å². The Hall–Kier alpha value is -3.04. The molecule has 3 rings (SSSR count). The number of hydrogen-bond donors (Lipinski definition) is 4. The zero-order valence-corrected chi connectivity index (χ0v) is 22.1. The maximum Gasteiger partial charge on any atom is 0.254 e. The molecule has 1 heterocycles.